The molecule has 0 radical (unpaired) electrons. The standard InChI is InChI=1S/C15H20N2O2/c1-17(14-6-9-18-12-14)7-3-8-19-15-5-2-4-13(10-15)11-16/h2,4-5,10,14H,3,6-9,12H2,1H3. The van der Waals surface area contributed by atoms with Crippen LogP contribution in [0.2, 0.25) is 0 Å². The number of rotatable bonds is 6. The zero-order chi connectivity index (χ0) is 13.5. The summed E-state index contributed by atoms with van der Waals surface area (Å²) in [5, 5.41) is 8.80. The van der Waals surface area contributed by atoms with Gasteiger partial charge < -0.3 is 14.4 Å². The van der Waals surface area contributed by atoms with E-state index in [9.17, 15) is 0 Å². The van der Waals surface area contributed by atoms with E-state index in [1.807, 2.05) is 12.1 Å². The van der Waals surface area contributed by atoms with Crippen molar-refractivity contribution in [2.45, 2.75) is 18.9 Å². The maximum Gasteiger partial charge on any atom is 0.120 e. The van der Waals surface area contributed by atoms with E-state index < -0.39 is 0 Å². The van der Waals surface area contributed by atoms with Gasteiger partial charge in [-0.25, -0.2) is 0 Å². The molecule has 4 nitrogen and oxygen atoms in total. The highest BCUT2D eigenvalue weighted by Gasteiger charge is 2.19. The van der Waals surface area contributed by atoms with Crippen LogP contribution in [-0.2, 0) is 4.74 Å². The van der Waals surface area contributed by atoms with Gasteiger partial charge in [0.2, 0.25) is 0 Å². The van der Waals surface area contributed by atoms with Crippen LogP contribution in [0, 0.1) is 11.3 Å². The van der Waals surface area contributed by atoms with E-state index in [4.69, 9.17) is 14.7 Å². The minimum Gasteiger partial charge on any atom is -0.494 e. The maximum atomic E-state index is 8.80. The van der Waals surface area contributed by atoms with Gasteiger partial charge in [-0.15, -0.1) is 0 Å². The van der Waals surface area contributed by atoms with Crippen LogP contribution in [0.1, 0.15) is 18.4 Å². The summed E-state index contributed by atoms with van der Waals surface area (Å²) in [5.74, 6) is 0.769. The van der Waals surface area contributed by atoms with Crippen molar-refractivity contribution in [3.05, 3.63) is 29.8 Å². The Kier molecular flexibility index (Phi) is 5.20. The van der Waals surface area contributed by atoms with Gasteiger partial charge in [-0.3, -0.25) is 0 Å². The number of hydrogen-bond donors (Lipinski definition) is 0. The fraction of sp³-hybridized carbons (Fsp3) is 0.533. The second kappa shape index (κ2) is 7.13. The lowest BCUT2D eigenvalue weighted by Crippen LogP contribution is -2.33. The number of benzene rings is 1. The van der Waals surface area contributed by atoms with Gasteiger partial charge in [0.15, 0.2) is 0 Å². The van der Waals surface area contributed by atoms with Crippen molar-refractivity contribution in [3.63, 3.8) is 0 Å². The van der Waals surface area contributed by atoms with Gasteiger partial charge in [-0.05, 0) is 38.1 Å². The summed E-state index contributed by atoms with van der Waals surface area (Å²) in [7, 11) is 2.13. The predicted molar refractivity (Wildman–Crippen MR) is 73.1 cm³/mol. The second-order valence-corrected chi connectivity index (χ2v) is 4.84. The van der Waals surface area contributed by atoms with E-state index in [0.29, 0.717) is 18.2 Å². The molecule has 0 aromatic heterocycles. The van der Waals surface area contributed by atoms with Crippen molar-refractivity contribution < 1.29 is 9.47 Å². The van der Waals surface area contributed by atoms with Gasteiger partial charge in [-0.1, -0.05) is 6.07 Å². The zero-order valence-electron chi connectivity index (χ0n) is 11.3. The van der Waals surface area contributed by atoms with Crippen LogP contribution in [0.4, 0.5) is 0 Å². The smallest absolute Gasteiger partial charge is 0.120 e. The molecule has 1 unspecified atom stereocenters. The maximum absolute atomic E-state index is 8.80. The highest BCUT2D eigenvalue weighted by Crippen LogP contribution is 2.13. The minimum absolute atomic E-state index is 0.557. The first kappa shape index (κ1) is 13.9. The Bertz CT molecular complexity index is 436. The Hall–Kier alpha value is -1.57. The van der Waals surface area contributed by atoms with E-state index >= 15 is 0 Å². The molecule has 102 valence electrons. The first-order chi connectivity index (χ1) is 9.29. The van der Waals surface area contributed by atoms with E-state index in [2.05, 4.69) is 18.0 Å². The van der Waals surface area contributed by atoms with Crippen LogP contribution < -0.4 is 4.74 Å². The van der Waals surface area contributed by atoms with Crippen molar-refractivity contribution in [1.29, 1.82) is 5.26 Å². The first-order valence-corrected chi connectivity index (χ1v) is 6.70. The fourth-order valence-corrected chi connectivity index (χ4v) is 2.21. The third-order valence-corrected chi connectivity index (χ3v) is 3.42. The van der Waals surface area contributed by atoms with E-state index in [1.54, 1.807) is 12.1 Å². The van der Waals surface area contributed by atoms with E-state index in [1.165, 1.54) is 0 Å². The lowest BCUT2D eigenvalue weighted by atomic mass is 10.2. The molecule has 0 saturated carbocycles. The van der Waals surface area contributed by atoms with E-state index in [0.717, 1.165) is 38.3 Å². The summed E-state index contributed by atoms with van der Waals surface area (Å²) >= 11 is 0. The van der Waals surface area contributed by atoms with Crippen molar-refractivity contribution in [2.75, 3.05) is 33.4 Å². The van der Waals surface area contributed by atoms with Crippen LogP contribution in [0.15, 0.2) is 24.3 Å². The molecule has 0 spiro atoms. The normalized spacial score (nSPS) is 18.5. The summed E-state index contributed by atoms with van der Waals surface area (Å²) < 4.78 is 11.0. The summed E-state index contributed by atoms with van der Waals surface area (Å²) in [5.41, 5.74) is 0.637. The highest BCUT2D eigenvalue weighted by atomic mass is 16.5. The van der Waals surface area contributed by atoms with E-state index in [-0.39, 0.29) is 0 Å². The Balaban J connectivity index is 1.67. The van der Waals surface area contributed by atoms with Crippen LogP contribution in [-0.4, -0.2) is 44.4 Å². The fourth-order valence-electron chi connectivity index (χ4n) is 2.21. The largest absolute Gasteiger partial charge is 0.494 e. The SMILES string of the molecule is CN(CCCOc1cccc(C#N)c1)C1CCOC1. The van der Waals surface area contributed by atoms with Gasteiger partial charge in [0.1, 0.15) is 5.75 Å². The van der Waals surface area contributed by atoms with Crippen LogP contribution in [0.25, 0.3) is 0 Å². The molecule has 0 amide bonds. The molecule has 1 aliphatic heterocycles. The zero-order valence-corrected chi connectivity index (χ0v) is 11.3. The number of nitrogens with zero attached hydrogens (tertiary/aromatic N) is 2. The number of likely N-dealkylation sites (N-methyl/N-ethyl adjacent to an activating group) is 1. The molecule has 1 aromatic rings. The summed E-state index contributed by atoms with van der Waals surface area (Å²) in [4.78, 5) is 2.34. The monoisotopic (exact) mass is 260 g/mol. The second-order valence-electron chi connectivity index (χ2n) is 4.84. The molecule has 1 heterocycles. The molecule has 2 rings (SSSR count). The average molecular weight is 260 g/mol. The van der Waals surface area contributed by atoms with Gasteiger partial charge in [-0.2, -0.15) is 5.26 Å². The number of ether oxygens (including phenoxy) is 2. The average Bonchev–Trinajstić information content (AvgIpc) is 2.98. The van der Waals surface area contributed by atoms with Crippen LogP contribution in [0.3, 0.4) is 0 Å². The lowest BCUT2D eigenvalue weighted by molar-refractivity contribution is 0.154. The van der Waals surface area contributed by atoms with Crippen molar-refractivity contribution in [1.82, 2.24) is 4.90 Å². The van der Waals surface area contributed by atoms with Gasteiger partial charge in [0.25, 0.3) is 0 Å². The molecular formula is C15H20N2O2. The molecule has 1 aliphatic rings. The Morgan fingerprint density at radius 2 is 2.42 bits per heavy atom. The Morgan fingerprint density at radius 1 is 1.53 bits per heavy atom. The first-order valence-electron chi connectivity index (χ1n) is 6.70. The van der Waals surface area contributed by atoms with Crippen molar-refractivity contribution in [3.8, 4) is 11.8 Å². The lowest BCUT2D eigenvalue weighted by Gasteiger charge is -2.22. The topological polar surface area (TPSA) is 45.5 Å². The Labute approximate surface area is 114 Å². The van der Waals surface area contributed by atoms with Gasteiger partial charge >= 0.3 is 0 Å². The molecule has 4 heteroatoms. The van der Waals surface area contributed by atoms with Gasteiger partial charge in [0, 0.05) is 19.2 Å². The van der Waals surface area contributed by atoms with Gasteiger partial charge in [0.05, 0.1) is 24.8 Å². The minimum atomic E-state index is 0.557. The molecule has 1 saturated heterocycles. The summed E-state index contributed by atoms with van der Waals surface area (Å²) in [6, 6.07) is 9.95. The molecule has 0 aliphatic carbocycles. The third kappa shape index (κ3) is 4.23. The number of nitriles is 1. The third-order valence-electron chi connectivity index (χ3n) is 3.42. The Morgan fingerprint density at radius 3 is 3.16 bits per heavy atom. The molecule has 1 atom stereocenters. The quantitative estimate of drug-likeness (QED) is 0.734. The molecule has 1 fully saturated rings. The van der Waals surface area contributed by atoms with Crippen LogP contribution >= 0.6 is 0 Å². The predicted octanol–water partition coefficient (Wildman–Crippen LogP) is 2.05. The highest BCUT2D eigenvalue weighted by molar-refractivity contribution is 5.36. The van der Waals surface area contributed by atoms with Crippen molar-refractivity contribution >= 4 is 0 Å². The van der Waals surface area contributed by atoms with Crippen LogP contribution in [0.5, 0.6) is 5.75 Å². The molecule has 1 aromatic carbocycles. The molecule has 0 N–H and O–H groups in total. The van der Waals surface area contributed by atoms with Crippen molar-refractivity contribution in [2.24, 2.45) is 0 Å². The number of hydrogen-bond acceptors (Lipinski definition) is 4. The summed E-state index contributed by atoms with van der Waals surface area (Å²) in [6.07, 6.45) is 2.10. The summed E-state index contributed by atoms with van der Waals surface area (Å²) in [6.45, 7) is 3.41. The molecular weight excluding hydrogens is 240 g/mol. The molecule has 0 bridgehead atoms. The molecule has 19 heavy (non-hydrogen) atoms.